The average molecular weight is 311 g/mol. The van der Waals surface area contributed by atoms with Crippen LogP contribution in [0.5, 0.6) is 0 Å². The summed E-state index contributed by atoms with van der Waals surface area (Å²) in [6, 6.07) is 14.8. The van der Waals surface area contributed by atoms with E-state index in [0.29, 0.717) is 11.4 Å². The average Bonchev–Trinajstić information content (AvgIpc) is 2.53. The van der Waals surface area contributed by atoms with Crippen molar-refractivity contribution in [2.24, 2.45) is 0 Å². The number of hydrogen-bond acceptors (Lipinski definition) is 3. The van der Waals surface area contributed by atoms with E-state index in [4.69, 9.17) is 11.5 Å². The molecule has 23 heavy (non-hydrogen) atoms. The minimum Gasteiger partial charge on any atom is -0.397 e. The fourth-order valence-electron chi connectivity index (χ4n) is 2.87. The van der Waals surface area contributed by atoms with Crippen molar-refractivity contribution in [3.8, 4) is 0 Å². The topological polar surface area (TPSA) is 55.3 Å². The van der Waals surface area contributed by atoms with Gasteiger partial charge in [-0.25, -0.2) is 0 Å². The van der Waals surface area contributed by atoms with Crippen molar-refractivity contribution >= 4 is 11.4 Å². The number of nitrogen functional groups attached to an aromatic ring is 2. The number of aryl methyl sites for hydroxylation is 1. The zero-order valence-corrected chi connectivity index (χ0v) is 14.4. The van der Waals surface area contributed by atoms with Crippen molar-refractivity contribution in [3.05, 3.63) is 59.2 Å². The molecule has 0 saturated heterocycles. The predicted octanol–water partition coefficient (Wildman–Crippen LogP) is 3.66. The Morgan fingerprint density at radius 1 is 0.826 bits per heavy atom. The Morgan fingerprint density at radius 2 is 1.52 bits per heavy atom. The highest BCUT2D eigenvalue weighted by molar-refractivity contribution is 5.63. The van der Waals surface area contributed by atoms with Gasteiger partial charge in [0.2, 0.25) is 0 Å². The molecule has 2 rings (SSSR count). The molecule has 0 bridgehead atoms. The van der Waals surface area contributed by atoms with Gasteiger partial charge in [0.1, 0.15) is 0 Å². The molecule has 0 heterocycles. The van der Waals surface area contributed by atoms with Crippen molar-refractivity contribution in [2.45, 2.75) is 33.1 Å². The fourth-order valence-corrected chi connectivity index (χ4v) is 2.87. The molecule has 0 unspecified atom stereocenters. The van der Waals surface area contributed by atoms with Crippen molar-refractivity contribution < 1.29 is 0 Å². The predicted molar refractivity (Wildman–Crippen MR) is 101 cm³/mol. The molecule has 0 saturated carbocycles. The van der Waals surface area contributed by atoms with Gasteiger partial charge in [-0.2, -0.15) is 0 Å². The largest absolute Gasteiger partial charge is 0.397 e. The van der Waals surface area contributed by atoms with Gasteiger partial charge < -0.3 is 16.4 Å². The van der Waals surface area contributed by atoms with Gasteiger partial charge in [-0.1, -0.05) is 42.8 Å². The number of nitrogens with two attached hydrogens (primary N) is 2. The third-order valence-electron chi connectivity index (χ3n) is 4.21. The van der Waals surface area contributed by atoms with Crippen LogP contribution in [0.25, 0.3) is 0 Å². The Balaban J connectivity index is 1.89. The number of benzene rings is 2. The molecule has 0 radical (unpaired) electrons. The van der Waals surface area contributed by atoms with Crippen LogP contribution in [-0.2, 0) is 12.8 Å². The molecule has 2 aromatic carbocycles. The summed E-state index contributed by atoms with van der Waals surface area (Å²) in [4.78, 5) is 2.54. The first-order valence-electron chi connectivity index (χ1n) is 8.50. The van der Waals surface area contributed by atoms with Crippen molar-refractivity contribution in [3.63, 3.8) is 0 Å². The van der Waals surface area contributed by atoms with Crippen molar-refractivity contribution in [1.82, 2.24) is 4.90 Å². The van der Waals surface area contributed by atoms with Crippen LogP contribution in [-0.4, -0.2) is 24.5 Å². The lowest BCUT2D eigenvalue weighted by Gasteiger charge is -2.22. The van der Waals surface area contributed by atoms with Crippen molar-refractivity contribution in [2.75, 3.05) is 31.1 Å². The normalized spacial score (nSPS) is 11.1. The fraction of sp³-hybridized carbons (Fsp3) is 0.400. The molecule has 0 aliphatic carbocycles. The number of anilines is 2. The summed E-state index contributed by atoms with van der Waals surface area (Å²) in [7, 11) is 0. The molecule has 3 nitrogen and oxygen atoms in total. The minimum absolute atomic E-state index is 0.665. The highest BCUT2D eigenvalue weighted by atomic mass is 15.1. The Hall–Kier alpha value is -2.00. The van der Waals surface area contributed by atoms with Crippen LogP contribution in [0.2, 0.25) is 0 Å². The van der Waals surface area contributed by atoms with E-state index in [1.165, 1.54) is 23.1 Å². The van der Waals surface area contributed by atoms with E-state index in [1.54, 1.807) is 0 Å². The molecule has 0 amide bonds. The summed E-state index contributed by atoms with van der Waals surface area (Å²) in [6.07, 6.45) is 3.29. The summed E-state index contributed by atoms with van der Waals surface area (Å²) >= 11 is 0. The van der Waals surface area contributed by atoms with E-state index in [-0.39, 0.29) is 0 Å². The van der Waals surface area contributed by atoms with E-state index in [2.05, 4.69) is 49.1 Å². The second-order valence-corrected chi connectivity index (χ2v) is 6.29. The molecular formula is C20H29N3. The first-order valence-corrected chi connectivity index (χ1v) is 8.50. The lowest BCUT2D eigenvalue weighted by molar-refractivity contribution is 0.281. The van der Waals surface area contributed by atoms with E-state index in [1.807, 2.05) is 12.1 Å². The highest BCUT2D eigenvalue weighted by Gasteiger charge is 2.06. The Morgan fingerprint density at radius 3 is 2.13 bits per heavy atom. The van der Waals surface area contributed by atoms with Gasteiger partial charge in [0, 0.05) is 13.1 Å². The number of rotatable bonds is 8. The van der Waals surface area contributed by atoms with Crippen LogP contribution in [0.1, 0.15) is 30.0 Å². The molecule has 0 aliphatic heterocycles. The van der Waals surface area contributed by atoms with Crippen LogP contribution < -0.4 is 11.5 Å². The van der Waals surface area contributed by atoms with Gasteiger partial charge in [0.25, 0.3) is 0 Å². The van der Waals surface area contributed by atoms with E-state index >= 15 is 0 Å². The third-order valence-corrected chi connectivity index (χ3v) is 4.21. The van der Waals surface area contributed by atoms with Crippen LogP contribution in [0.3, 0.4) is 0 Å². The zero-order valence-electron chi connectivity index (χ0n) is 14.4. The second-order valence-electron chi connectivity index (χ2n) is 6.29. The van der Waals surface area contributed by atoms with E-state index < -0.39 is 0 Å². The van der Waals surface area contributed by atoms with Gasteiger partial charge in [-0.05, 0) is 56.0 Å². The van der Waals surface area contributed by atoms with Gasteiger partial charge >= 0.3 is 0 Å². The van der Waals surface area contributed by atoms with Gasteiger partial charge in [0.05, 0.1) is 11.4 Å². The Bertz CT molecular complexity index is 622. The molecule has 0 aliphatic rings. The van der Waals surface area contributed by atoms with Crippen LogP contribution in [0.15, 0.2) is 42.5 Å². The molecule has 3 heteroatoms. The van der Waals surface area contributed by atoms with Crippen LogP contribution in [0, 0.1) is 6.92 Å². The lowest BCUT2D eigenvalue weighted by atomic mass is 10.1. The maximum atomic E-state index is 5.90. The quantitative estimate of drug-likeness (QED) is 0.732. The van der Waals surface area contributed by atoms with E-state index in [0.717, 1.165) is 32.5 Å². The summed E-state index contributed by atoms with van der Waals surface area (Å²) in [5, 5.41) is 0. The summed E-state index contributed by atoms with van der Waals surface area (Å²) in [5.74, 6) is 0. The molecule has 0 aromatic heterocycles. The van der Waals surface area contributed by atoms with Crippen LogP contribution >= 0.6 is 0 Å². The molecule has 124 valence electrons. The molecule has 4 N–H and O–H groups in total. The minimum atomic E-state index is 0.665. The molecule has 2 aromatic rings. The zero-order chi connectivity index (χ0) is 16.7. The second kappa shape index (κ2) is 8.59. The molecular weight excluding hydrogens is 282 g/mol. The smallest absolute Gasteiger partial charge is 0.0550 e. The highest BCUT2D eigenvalue weighted by Crippen LogP contribution is 2.16. The number of hydrogen-bond donors (Lipinski definition) is 2. The Kier molecular flexibility index (Phi) is 6.48. The maximum absolute atomic E-state index is 5.90. The monoisotopic (exact) mass is 311 g/mol. The summed E-state index contributed by atoms with van der Waals surface area (Å²) < 4.78 is 0. The van der Waals surface area contributed by atoms with E-state index in [9.17, 15) is 0 Å². The first-order chi connectivity index (χ1) is 11.1. The van der Waals surface area contributed by atoms with Crippen LogP contribution in [0.4, 0.5) is 11.4 Å². The summed E-state index contributed by atoms with van der Waals surface area (Å²) in [6.45, 7) is 7.68. The standard InChI is InChI=1S/C20H29N3/c1-3-11-23(12-9-17-6-4-5-16(2)14-17)13-10-18-7-8-19(21)20(22)15-18/h4-8,14-15H,3,9-13,21-22H2,1-2H3. The molecule has 0 atom stereocenters. The van der Waals surface area contributed by atoms with Gasteiger partial charge in [0.15, 0.2) is 0 Å². The van der Waals surface area contributed by atoms with Crippen molar-refractivity contribution in [1.29, 1.82) is 0 Å². The molecule has 0 spiro atoms. The van der Waals surface area contributed by atoms with Gasteiger partial charge in [-0.15, -0.1) is 0 Å². The molecule has 0 fully saturated rings. The maximum Gasteiger partial charge on any atom is 0.0550 e. The Labute approximate surface area is 140 Å². The summed E-state index contributed by atoms with van der Waals surface area (Å²) in [5.41, 5.74) is 17.0. The first kappa shape index (κ1) is 17.4. The van der Waals surface area contributed by atoms with Gasteiger partial charge in [-0.3, -0.25) is 0 Å². The lowest BCUT2D eigenvalue weighted by Crippen LogP contribution is -2.29. The third kappa shape index (κ3) is 5.61. The SMILES string of the molecule is CCCN(CCc1cccc(C)c1)CCc1ccc(N)c(N)c1. The number of nitrogens with zero attached hydrogens (tertiary/aromatic N) is 1.